The van der Waals surface area contributed by atoms with Crippen molar-refractivity contribution < 1.29 is 5.11 Å². The highest BCUT2D eigenvalue weighted by molar-refractivity contribution is 9.10. The van der Waals surface area contributed by atoms with Gasteiger partial charge in [0, 0.05) is 11.8 Å². The van der Waals surface area contributed by atoms with Gasteiger partial charge in [0.05, 0.1) is 0 Å². The summed E-state index contributed by atoms with van der Waals surface area (Å²) in [4.78, 5) is 4.55. The van der Waals surface area contributed by atoms with Crippen LogP contribution in [0.25, 0.3) is 16.9 Å². The van der Waals surface area contributed by atoms with Gasteiger partial charge in [0.15, 0.2) is 0 Å². The molecule has 0 bridgehead atoms. The second kappa shape index (κ2) is 3.89. The van der Waals surface area contributed by atoms with Gasteiger partial charge < -0.3 is 5.11 Å². The second-order valence-corrected chi connectivity index (χ2v) is 4.48. The quantitative estimate of drug-likeness (QED) is 0.744. The fourth-order valence-corrected chi connectivity index (χ4v) is 2.39. The molecular formula is C13H9BrN2O. The first-order valence-corrected chi connectivity index (χ1v) is 5.97. The summed E-state index contributed by atoms with van der Waals surface area (Å²) in [7, 11) is 0. The lowest BCUT2D eigenvalue weighted by Gasteiger charge is -1.98. The first-order valence-electron chi connectivity index (χ1n) is 5.18. The Morgan fingerprint density at radius 2 is 1.82 bits per heavy atom. The molecule has 3 rings (SSSR count). The molecule has 0 aliphatic carbocycles. The lowest BCUT2D eigenvalue weighted by atomic mass is 10.2. The van der Waals surface area contributed by atoms with Gasteiger partial charge in [0.25, 0.3) is 0 Å². The summed E-state index contributed by atoms with van der Waals surface area (Å²) in [5, 5.41) is 9.28. The van der Waals surface area contributed by atoms with Crippen molar-refractivity contribution in [3.63, 3.8) is 0 Å². The van der Waals surface area contributed by atoms with Gasteiger partial charge in [-0.15, -0.1) is 0 Å². The molecule has 0 atom stereocenters. The molecule has 0 radical (unpaired) electrons. The number of pyridine rings is 1. The zero-order valence-electron chi connectivity index (χ0n) is 8.84. The lowest BCUT2D eigenvalue weighted by molar-refractivity contribution is 0.475. The van der Waals surface area contributed by atoms with Crippen LogP contribution in [-0.2, 0) is 0 Å². The van der Waals surface area contributed by atoms with E-state index in [9.17, 15) is 5.11 Å². The van der Waals surface area contributed by atoms with Crippen LogP contribution in [0.15, 0.2) is 53.3 Å². The highest BCUT2D eigenvalue weighted by Gasteiger charge is 2.10. The van der Waals surface area contributed by atoms with Crippen LogP contribution in [0.1, 0.15) is 0 Å². The predicted octanol–water partition coefficient (Wildman–Crippen LogP) is 3.47. The maximum atomic E-state index is 9.28. The molecule has 0 unspecified atom stereocenters. The van der Waals surface area contributed by atoms with Crippen LogP contribution >= 0.6 is 15.9 Å². The van der Waals surface area contributed by atoms with Crippen molar-refractivity contribution in [2.45, 2.75) is 0 Å². The van der Waals surface area contributed by atoms with E-state index in [0.29, 0.717) is 0 Å². The third-order valence-corrected chi connectivity index (χ3v) is 3.37. The Morgan fingerprint density at radius 3 is 2.53 bits per heavy atom. The zero-order chi connectivity index (χ0) is 11.8. The van der Waals surface area contributed by atoms with E-state index in [0.717, 1.165) is 21.5 Å². The molecule has 0 amide bonds. The third kappa shape index (κ3) is 1.70. The average molecular weight is 289 g/mol. The topological polar surface area (TPSA) is 37.5 Å². The molecule has 0 saturated heterocycles. The van der Waals surface area contributed by atoms with E-state index < -0.39 is 0 Å². The number of phenols is 1. The normalized spacial score (nSPS) is 10.9. The van der Waals surface area contributed by atoms with E-state index in [2.05, 4.69) is 20.9 Å². The molecule has 2 aromatic heterocycles. The van der Waals surface area contributed by atoms with Crippen molar-refractivity contribution >= 4 is 21.6 Å². The maximum absolute atomic E-state index is 9.28. The summed E-state index contributed by atoms with van der Waals surface area (Å²) in [5.41, 5.74) is 2.73. The Labute approximate surface area is 106 Å². The Morgan fingerprint density at radius 1 is 1.06 bits per heavy atom. The molecule has 0 aliphatic rings. The number of phenolic OH excluding ortho intramolecular Hbond substituents is 1. The van der Waals surface area contributed by atoms with Crippen molar-refractivity contribution in [3.8, 4) is 17.0 Å². The Balaban J connectivity index is 2.24. The number of aromatic hydroxyl groups is 1. The van der Waals surface area contributed by atoms with Crippen LogP contribution in [0.4, 0.5) is 0 Å². The number of aromatic nitrogens is 2. The van der Waals surface area contributed by atoms with Gasteiger partial charge in [-0.2, -0.15) is 0 Å². The van der Waals surface area contributed by atoms with Crippen molar-refractivity contribution in [1.82, 2.24) is 9.38 Å². The fourth-order valence-electron chi connectivity index (χ4n) is 1.77. The predicted molar refractivity (Wildman–Crippen MR) is 70.0 cm³/mol. The van der Waals surface area contributed by atoms with E-state index in [-0.39, 0.29) is 5.75 Å². The minimum absolute atomic E-state index is 0.258. The zero-order valence-corrected chi connectivity index (χ0v) is 10.4. The summed E-state index contributed by atoms with van der Waals surface area (Å²) in [6.45, 7) is 0. The number of benzene rings is 1. The molecule has 0 spiro atoms. The summed E-state index contributed by atoms with van der Waals surface area (Å²) in [6, 6.07) is 12.9. The second-order valence-electron chi connectivity index (χ2n) is 3.73. The minimum atomic E-state index is 0.258. The van der Waals surface area contributed by atoms with Crippen LogP contribution < -0.4 is 0 Å². The van der Waals surface area contributed by atoms with Gasteiger partial charge in [-0.1, -0.05) is 6.07 Å². The first-order chi connectivity index (χ1) is 8.25. The van der Waals surface area contributed by atoms with Crippen molar-refractivity contribution in [3.05, 3.63) is 53.3 Å². The van der Waals surface area contributed by atoms with E-state index >= 15 is 0 Å². The molecule has 17 heavy (non-hydrogen) atoms. The SMILES string of the molecule is Oc1ccc(-c2nc3ccccn3c2Br)cc1. The lowest BCUT2D eigenvalue weighted by Crippen LogP contribution is -1.81. The van der Waals surface area contributed by atoms with Crippen LogP contribution in [-0.4, -0.2) is 14.5 Å². The molecule has 0 aliphatic heterocycles. The standard InChI is InChI=1S/C13H9BrN2O/c14-13-12(9-4-6-10(17)7-5-9)15-11-3-1-2-8-16(11)13/h1-8,17H. The minimum Gasteiger partial charge on any atom is -0.508 e. The maximum Gasteiger partial charge on any atom is 0.138 e. The molecule has 3 nitrogen and oxygen atoms in total. The van der Waals surface area contributed by atoms with E-state index in [4.69, 9.17) is 0 Å². The molecule has 0 saturated carbocycles. The van der Waals surface area contributed by atoms with E-state index in [1.54, 1.807) is 12.1 Å². The largest absolute Gasteiger partial charge is 0.508 e. The van der Waals surface area contributed by atoms with Gasteiger partial charge in [0.1, 0.15) is 21.7 Å². The number of rotatable bonds is 1. The molecule has 4 heteroatoms. The number of halogens is 1. The van der Waals surface area contributed by atoms with Crippen LogP contribution in [0, 0.1) is 0 Å². The van der Waals surface area contributed by atoms with Crippen molar-refractivity contribution in [1.29, 1.82) is 0 Å². The van der Waals surface area contributed by atoms with Crippen LogP contribution in [0.2, 0.25) is 0 Å². The van der Waals surface area contributed by atoms with Crippen molar-refractivity contribution in [2.75, 3.05) is 0 Å². The monoisotopic (exact) mass is 288 g/mol. The van der Waals surface area contributed by atoms with Crippen LogP contribution in [0.3, 0.4) is 0 Å². The molecule has 0 fully saturated rings. The molecule has 2 heterocycles. The van der Waals surface area contributed by atoms with Gasteiger partial charge in [-0.25, -0.2) is 4.98 Å². The van der Waals surface area contributed by atoms with Crippen molar-refractivity contribution in [2.24, 2.45) is 0 Å². The molecule has 1 aromatic carbocycles. The first kappa shape index (κ1) is 10.4. The summed E-state index contributed by atoms with van der Waals surface area (Å²) in [6.07, 6.45) is 1.95. The molecular weight excluding hydrogens is 280 g/mol. The van der Waals surface area contributed by atoms with Crippen LogP contribution in [0.5, 0.6) is 5.75 Å². The molecule has 84 valence electrons. The Bertz CT molecular complexity index is 673. The summed E-state index contributed by atoms with van der Waals surface area (Å²) in [5.74, 6) is 0.258. The number of imidazole rings is 1. The van der Waals surface area contributed by atoms with E-state index in [1.807, 2.05) is 40.9 Å². The number of hydrogen-bond acceptors (Lipinski definition) is 2. The van der Waals surface area contributed by atoms with Gasteiger partial charge >= 0.3 is 0 Å². The highest BCUT2D eigenvalue weighted by atomic mass is 79.9. The number of fused-ring (bicyclic) bond motifs is 1. The number of nitrogens with zero attached hydrogens (tertiary/aromatic N) is 2. The smallest absolute Gasteiger partial charge is 0.138 e. The Kier molecular flexibility index (Phi) is 2.37. The van der Waals surface area contributed by atoms with E-state index in [1.165, 1.54) is 0 Å². The summed E-state index contributed by atoms with van der Waals surface area (Å²) >= 11 is 3.55. The average Bonchev–Trinajstić information content (AvgIpc) is 2.69. The van der Waals surface area contributed by atoms with Gasteiger partial charge in [0.2, 0.25) is 0 Å². The highest BCUT2D eigenvalue weighted by Crippen LogP contribution is 2.29. The van der Waals surface area contributed by atoms with Gasteiger partial charge in [-0.3, -0.25) is 4.40 Å². The summed E-state index contributed by atoms with van der Waals surface area (Å²) < 4.78 is 2.89. The number of hydrogen-bond donors (Lipinski definition) is 1. The fraction of sp³-hybridized carbons (Fsp3) is 0. The third-order valence-electron chi connectivity index (χ3n) is 2.61. The Hall–Kier alpha value is -1.81. The van der Waals surface area contributed by atoms with Gasteiger partial charge in [-0.05, 0) is 52.3 Å². The molecule has 3 aromatic rings. The molecule has 1 N–H and O–H groups in total.